The van der Waals surface area contributed by atoms with Gasteiger partial charge >= 0.3 is 0 Å². The molecule has 1 unspecified atom stereocenters. The van der Waals surface area contributed by atoms with Crippen molar-refractivity contribution in [2.75, 3.05) is 6.54 Å². The second-order valence-electron chi connectivity index (χ2n) is 6.17. The highest BCUT2D eigenvalue weighted by Gasteiger charge is 2.21. The van der Waals surface area contributed by atoms with E-state index >= 15 is 0 Å². The minimum atomic E-state index is 0.576. The standard InChI is InChI=1S/C18H25N/c1-15-7-5-6-9-17(15)14-19-12-11-16-8-3-2-4-10-18(19)13-16/h2-4,8,13-15,18H,5-7,9-12H2,1H3/b4-2?,8-3?,17-14+/t15-,18?/m0/s1. The fraction of sp³-hybridized carbons (Fsp3) is 0.556. The van der Waals surface area contributed by atoms with Gasteiger partial charge in [0, 0.05) is 6.54 Å². The number of allylic oxidation sites excluding steroid dienone is 4. The number of hydrogen-bond donors (Lipinski definition) is 0. The predicted molar refractivity (Wildman–Crippen MR) is 81.8 cm³/mol. The highest BCUT2D eigenvalue weighted by molar-refractivity contribution is 5.29. The minimum absolute atomic E-state index is 0.576. The number of nitrogens with zero attached hydrogens (tertiary/aromatic N) is 1. The molecule has 0 radical (unpaired) electrons. The van der Waals surface area contributed by atoms with Gasteiger partial charge < -0.3 is 4.90 Å². The van der Waals surface area contributed by atoms with E-state index in [1.165, 1.54) is 44.2 Å². The first-order valence-electron chi connectivity index (χ1n) is 7.83. The first-order chi connectivity index (χ1) is 9.33. The molecule has 2 aliphatic carbocycles. The molecule has 1 heteroatoms. The summed E-state index contributed by atoms with van der Waals surface area (Å²) in [7, 11) is 0. The molecule has 0 N–H and O–H groups in total. The van der Waals surface area contributed by atoms with Crippen molar-refractivity contribution in [3.05, 3.63) is 47.7 Å². The van der Waals surface area contributed by atoms with Crippen LogP contribution in [0.15, 0.2) is 47.7 Å². The number of hydrogen-bond acceptors (Lipinski definition) is 1. The SMILES string of the molecule is C[C@H]1CCCC/C1=C\N1CCC2=CC1CC=CC=C2. The highest BCUT2D eigenvalue weighted by atomic mass is 15.1. The van der Waals surface area contributed by atoms with Crippen LogP contribution in [0.5, 0.6) is 0 Å². The van der Waals surface area contributed by atoms with Crippen LogP contribution in [0.3, 0.4) is 0 Å². The third kappa shape index (κ3) is 3.02. The molecule has 102 valence electrons. The van der Waals surface area contributed by atoms with Gasteiger partial charge in [-0.05, 0) is 49.8 Å². The molecule has 3 rings (SSSR count). The molecule has 1 aliphatic heterocycles. The third-order valence-electron chi connectivity index (χ3n) is 4.74. The van der Waals surface area contributed by atoms with Crippen molar-refractivity contribution < 1.29 is 0 Å². The molecule has 0 saturated heterocycles. The fourth-order valence-electron chi connectivity index (χ4n) is 3.44. The van der Waals surface area contributed by atoms with Crippen molar-refractivity contribution in [1.82, 2.24) is 4.90 Å². The lowest BCUT2D eigenvalue weighted by atomic mass is 9.86. The molecule has 0 aromatic heterocycles. The summed E-state index contributed by atoms with van der Waals surface area (Å²) < 4.78 is 0. The van der Waals surface area contributed by atoms with Crippen LogP contribution >= 0.6 is 0 Å². The van der Waals surface area contributed by atoms with Gasteiger partial charge in [-0.25, -0.2) is 0 Å². The smallest absolute Gasteiger partial charge is 0.0507 e. The summed E-state index contributed by atoms with van der Waals surface area (Å²) in [5.41, 5.74) is 3.20. The van der Waals surface area contributed by atoms with E-state index in [4.69, 9.17) is 0 Å². The maximum absolute atomic E-state index is 2.59. The van der Waals surface area contributed by atoms with Crippen molar-refractivity contribution in [2.45, 2.75) is 51.5 Å². The van der Waals surface area contributed by atoms with E-state index in [-0.39, 0.29) is 0 Å². The van der Waals surface area contributed by atoms with E-state index in [0.29, 0.717) is 6.04 Å². The first kappa shape index (κ1) is 12.8. The Labute approximate surface area is 117 Å². The van der Waals surface area contributed by atoms with Crippen LogP contribution in [-0.4, -0.2) is 17.5 Å². The summed E-state index contributed by atoms with van der Waals surface area (Å²) in [5, 5.41) is 0. The van der Waals surface area contributed by atoms with Gasteiger partial charge in [-0.3, -0.25) is 0 Å². The Morgan fingerprint density at radius 2 is 2.16 bits per heavy atom. The molecule has 0 aromatic carbocycles. The Morgan fingerprint density at radius 3 is 3.05 bits per heavy atom. The van der Waals surface area contributed by atoms with E-state index < -0.39 is 0 Å². The van der Waals surface area contributed by atoms with Crippen molar-refractivity contribution in [3.8, 4) is 0 Å². The molecule has 1 fully saturated rings. The monoisotopic (exact) mass is 255 g/mol. The average Bonchev–Trinajstić information content (AvgIpc) is 2.40. The van der Waals surface area contributed by atoms with Gasteiger partial charge in [0.25, 0.3) is 0 Å². The van der Waals surface area contributed by atoms with Crippen LogP contribution in [0.4, 0.5) is 0 Å². The van der Waals surface area contributed by atoms with Crippen LogP contribution < -0.4 is 0 Å². The van der Waals surface area contributed by atoms with Gasteiger partial charge in [0.05, 0.1) is 6.04 Å². The lowest BCUT2D eigenvalue weighted by Gasteiger charge is -2.35. The second kappa shape index (κ2) is 5.81. The molecular formula is C18H25N. The largest absolute Gasteiger partial charge is 0.370 e. The van der Waals surface area contributed by atoms with Gasteiger partial charge in [0.2, 0.25) is 0 Å². The first-order valence-corrected chi connectivity index (χ1v) is 7.83. The quantitative estimate of drug-likeness (QED) is 0.662. The molecule has 0 spiro atoms. The minimum Gasteiger partial charge on any atom is -0.370 e. The summed E-state index contributed by atoms with van der Waals surface area (Å²) >= 11 is 0. The number of rotatable bonds is 1. The topological polar surface area (TPSA) is 3.24 Å². The van der Waals surface area contributed by atoms with Gasteiger partial charge in [0.15, 0.2) is 0 Å². The van der Waals surface area contributed by atoms with Gasteiger partial charge in [-0.15, -0.1) is 0 Å². The van der Waals surface area contributed by atoms with Crippen molar-refractivity contribution in [2.24, 2.45) is 5.92 Å². The summed E-state index contributed by atoms with van der Waals surface area (Å²) in [5.74, 6) is 0.795. The molecule has 1 heterocycles. The maximum atomic E-state index is 2.59. The van der Waals surface area contributed by atoms with E-state index in [9.17, 15) is 0 Å². The Bertz CT molecular complexity index is 439. The van der Waals surface area contributed by atoms with E-state index in [0.717, 1.165) is 12.3 Å². The maximum Gasteiger partial charge on any atom is 0.0507 e. The molecule has 1 saturated carbocycles. The van der Waals surface area contributed by atoms with E-state index in [2.05, 4.69) is 48.4 Å². The van der Waals surface area contributed by atoms with Crippen LogP contribution in [0, 0.1) is 5.92 Å². The highest BCUT2D eigenvalue weighted by Crippen LogP contribution is 2.31. The second-order valence-corrected chi connectivity index (χ2v) is 6.17. The summed E-state index contributed by atoms with van der Waals surface area (Å²) in [6.45, 7) is 3.59. The molecule has 19 heavy (non-hydrogen) atoms. The van der Waals surface area contributed by atoms with Gasteiger partial charge in [0.1, 0.15) is 0 Å². The Kier molecular flexibility index (Phi) is 3.91. The zero-order valence-corrected chi connectivity index (χ0v) is 12.0. The predicted octanol–water partition coefficient (Wildman–Crippen LogP) is 4.60. The van der Waals surface area contributed by atoms with Crippen LogP contribution in [0.25, 0.3) is 0 Å². The van der Waals surface area contributed by atoms with Gasteiger partial charge in [-0.1, -0.05) is 49.3 Å². The molecule has 2 atom stereocenters. The van der Waals surface area contributed by atoms with Crippen LogP contribution in [0.1, 0.15) is 45.4 Å². The Hall–Kier alpha value is -1.24. The third-order valence-corrected chi connectivity index (χ3v) is 4.74. The summed E-state index contributed by atoms with van der Waals surface area (Å²) in [4.78, 5) is 2.59. The van der Waals surface area contributed by atoms with Gasteiger partial charge in [-0.2, -0.15) is 0 Å². The Morgan fingerprint density at radius 1 is 1.21 bits per heavy atom. The fourth-order valence-corrected chi connectivity index (χ4v) is 3.44. The normalized spacial score (nSPS) is 33.0. The van der Waals surface area contributed by atoms with E-state index in [1.807, 2.05) is 0 Å². The molecule has 2 bridgehead atoms. The van der Waals surface area contributed by atoms with Crippen molar-refractivity contribution >= 4 is 0 Å². The van der Waals surface area contributed by atoms with Crippen LogP contribution in [0.2, 0.25) is 0 Å². The Balaban J connectivity index is 1.78. The summed E-state index contributed by atoms with van der Waals surface area (Å²) in [6, 6.07) is 0.576. The molecular weight excluding hydrogens is 230 g/mol. The summed E-state index contributed by atoms with van der Waals surface area (Å²) in [6.07, 6.45) is 21.8. The average molecular weight is 255 g/mol. The molecule has 3 aliphatic rings. The molecule has 0 aromatic rings. The lowest BCUT2D eigenvalue weighted by Crippen LogP contribution is -2.34. The van der Waals surface area contributed by atoms with Crippen LogP contribution in [-0.2, 0) is 0 Å². The van der Waals surface area contributed by atoms with Crippen molar-refractivity contribution in [3.63, 3.8) is 0 Å². The molecule has 1 nitrogen and oxygen atoms in total. The lowest BCUT2D eigenvalue weighted by molar-refractivity contribution is 0.299. The number of fused-ring (bicyclic) bond motifs is 1. The zero-order valence-electron chi connectivity index (χ0n) is 12.0. The zero-order chi connectivity index (χ0) is 13.1. The molecule has 0 amide bonds. The van der Waals surface area contributed by atoms with Crippen molar-refractivity contribution in [1.29, 1.82) is 0 Å². The van der Waals surface area contributed by atoms with E-state index in [1.54, 1.807) is 5.57 Å².